The van der Waals surface area contributed by atoms with Crippen LogP contribution in [0.2, 0.25) is 0 Å². The fourth-order valence-electron chi connectivity index (χ4n) is 4.43. The molecule has 0 aromatic carbocycles. The van der Waals surface area contributed by atoms with Crippen LogP contribution in [0, 0.1) is 6.92 Å². The highest BCUT2D eigenvalue weighted by Gasteiger charge is 2.23. The SMILES string of the molecule is Cc1nnc2ccc(NCC3CCCCN3CCn3nc4c(cc3=O)COCC4)nn12. The van der Waals surface area contributed by atoms with E-state index in [0.717, 1.165) is 61.0 Å². The minimum absolute atomic E-state index is 0.0438. The van der Waals surface area contributed by atoms with Crippen LogP contribution in [0.4, 0.5) is 5.82 Å². The Labute approximate surface area is 180 Å². The molecule has 2 aliphatic heterocycles. The third-order valence-electron chi connectivity index (χ3n) is 6.19. The number of aryl methyl sites for hydroxylation is 1. The fourth-order valence-corrected chi connectivity index (χ4v) is 4.43. The van der Waals surface area contributed by atoms with Crippen molar-refractivity contribution < 1.29 is 4.74 Å². The number of piperidine rings is 1. The monoisotopic (exact) mass is 424 g/mol. The number of ether oxygens (including phenoxy) is 1. The Morgan fingerprint density at radius 3 is 3.06 bits per heavy atom. The zero-order chi connectivity index (χ0) is 21.2. The molecule has 1 atom stereocenters. The van der Waals surface area contributed by atoms with Crippen molar-refractivity contribution in [2.45, 2.75) is 51.8 Å². The molecule has 10 nitrogen and oxygen atoms in total. The van der Waals surface area contributed by atoms with E-state index in [-0.39, 0.29) is 5.56 Å². The van der Waals surface area contributed by atoms with E-state index in [2.05, 4.69) is 30.6 Å². The van der Waals surface area contributed by atoms with Crippen LogP contribution < -0.4 is 10.9 Å². The zero-order valence-corrected chi connectivity index (χ0v) is 17.8. The van der Waals surface area contributed by atoms with Crippen LogP contribution >= 0.6 is 0 Å². The largest absolute Gasteiger partial charge is 0.376 e. The number of rotatable bonds is 6. The number of nitrogens with zero attached hydrogens (tertiary/aromatic N) is 7. The second kappa shape index (κ2) is 8.72. The predicted octanol–water partition coefficient (Wildman–Crippen LogP) is 1.03. The van der Waals surface area contributed by atoms with Gasteiger partial charge in [0.15, 0.2) is 11.5 Å². The minimum atomic E-state index is -0.0438. The van der Waals surface area contributed by atoms with Gasteiger partial charge in [-0.3, -0.25) is 9.69 Å². The molecule has 1 saturated heterocycles. The van der Waals surface area contributed by atoms with Gasteiger partial charge in [-0.1, -0.05) is 6.42 Å². The molecule has 5 heterocycles. The van der Waals surface area contributed by atoms with E-state index in [4.69, 9.17) is 4.74 Å². The minimum Gasteiger partial charge on any atom is -0.376 e. The van der Waals surface area contributed by atoms with Gasteiger partial charge in [0, 0.05) is 37.2 Å². The van der Waals surface area contributed by atoms with E-state index in [9.17, 15) is 4.79 Å². The Kier molecular flexibility index (Phi) is 5.65. The van der Waals surface area contributed by atoms with Crippen LogP contribution in [0.3, 0.4) is 0 Å². The molecule has 0 radical (unpaired) electrons. The summed E-state index contributed by atoms with van der Waals surface area (Å²) in [6.45, 7) is 6.32. The molecule has 0 amide bonds. The Balaban J connectivity index is 1.23. The van der Waals surface area contributed by atoms with Gasteiger partial charge in [-0.25, -0.2) is 4.68 Å². The molecule has 2 aliphatic rings. The van der Waals surface area contributed by atoms with Crippen molar-refractivity contribution in [3.8, 4) is 0 Å². The van der Waals surface area contributed by atoms with Gasteiger partial charge in [0.25, 0.3) is 5.56 Å². The van der Waals surface area contributed by atoms with Crippen molar-refractivity contribution in [2.75, 3.05) is 31.6 Å². The third kappa shape index (κ3) is 4.31. The molecule has 0 aliphatic carbocycles. The first kappa shape index (κ1) is 20.1. The van der Waals surface area contributed by atoms with E-state index in [1.54, 1.807) is 15.3 Å². The summed E-state index contributed by atoms with van der Waals surface area (Å²) in [5.74, 6) is 1.59. The van der Waals surface area contributed by atoms with Gasteiger partial charge in [0.1, 0.15) is 5.82 Å². The number of likely N-dealkylation sites (tertiary alicyclic amines) is 1. The summed E-state index contributed by atoms with van der Waals surface area (Å²) in [6.07, 6.45) is 4.31. The number of hydrogen-bond donors (Lipinski definition) is 1. The summed E-state index contributed by atoms with van der Waals surface area (Å²) >= 11 is 0. The van der Waals surface area contributed by atoms with Crippen LogP contribution in [0.25, 0.3) is 5.65 Å². The van der Waals surface area contributed by atoms with Crippen molar-refractivity contribution in [1.82, 2.24) is 34.5 Å². The summed E-state index contributed by atoms with van der Waals surface area (Å²) in [6, 6.07) is 5.95. The Bertz CT molecular complexity index is 1120. The molecular weight excluding hydrogens is 396 g/mol. The van der Waals surface area contributed by atoms with Crippen molar-refractivity contribution in [2.24, 2.45) is 0 Å². The lowest BCUT2D eigenvalue weighted by molar-refractivity contribution is 0.107. The normalized spacial score (nSPS) is 19.5. The summed E-state index contributed by atoms with van der Waals surface area (Å²) in [4.78, 5) is 14.9. The summed E-state index contributed by atoms with van der Waals surface area (Å²) < 4.78 is 8.80. The van der Waals surface area contributed by atoms with Crippen molar-refractivity contribution in [3.05, 3.63) is 45.6 Å². The first-order chi connectivity index (χ1) is 15.2. The summed E-state index contributed by atoms with van der Waals surface area (Å²) in [7, 11) is 0. The van der Waals surface area contributed by atoms with Gasteiger partial charge >= 0.3 is 0 Å². The highest BCUT2D eigenvalue weighted by Crippen LogP contribution is 2.18. The molecule has 0 saturated carbocycles. The standard InChI is InChI=1S/C21H28N8O2/c1-15-23-24-20-6-5-19(26-29(15)20)22-13-17-4-2-3-8-27(17)9-10-28-21(30)12-16-14-31-11-7-18(16)25-28/h5-6,12,17H,2-4,7-11,13-14H2,1H3,(H,22,26). The van der Waals surface area contributed by atoms with E-state index in [1.165, 1.54) is 12.8 Å². The van der Waals surface area contributed by atoms with E-state index in [0.29, 0.717) is 25.8 Å². The second-order valence-electron chi connectivity index (χ2n) is 8.28. The lowest BCUT2D eigenvalue weighted by Gasteiger charge is -2.36. The lowest BCUT2D eigenvalue weighted by Crippen LogP contribution is -2.46. The molecule has 5 rings (SSSR count). The van der Waals surface area contributed by atoms with Gasteiger partial charge in [0.05, 0.1) is 25.5 Å². The van der Waals surface area contributed by atoms with Crippen LogP contribution in [0.5, 0.6) is 0 Å². The molecule has 1 fully saturated rings. The fraction of sp³-hybridized carbons (Fsp3) is 0.571. The highest BCUT2D eigenvalue weighted by atomic mass is 16.5. The Morgan fingerprint density at radius 2 is 2.13 bits per heavy atom. The molecule has 10 heteroatoms. The predicted molar refractivity (Wildman–Crippen MR) is 115 cm³/mol. The van der Waals surface area contributed by atoms with Gasteiger partial charge < -0.3 is 10.1 Å². The maximum absolute atomic E-state index is 12.5. The molecule has 0 bridgehead atoms. The highest BCUT2D eigenvalue weighted by molar-refractivity contribution is 5.43. The topological polar surface area (TPSA) is 102 Å². The molecule has 1 unspecified atom stereocenters. The quantitative estimate of drug-likeness (QED) is 0.626. The van der Waals surface area contributed by atoms with E-state index < -0.39 is 0 Å². The van der Waals surface area contributed by atoms with E-state index >= 15 is 0 Å². The second-order valence-corrected chi connectivity index (χ2v) is 8.28. The van der Waals surface area contributed by atoms with Gasteiger partial charge in [0.2, 0.25) is 0 Å². The van der Waals surface area contributed by atoms with Crippen molar-refractivity contribution >= 4 is 11.5 Å². The van der Waals surface area contributed by atoms with Crippen molar-refractivity contribution in [1.29, 1.82) is 0 Å². The number of aromatic nitrogens is 6. The average molecular weight is 425 g/mol. The van der Waals surface area contributed by atoms with Crippen LogP contribution in [-0.2, 0) is 24.3 Å². The van der Waals surface area contributed by atoms with Crippen molar-refractivity contribution in [3.63, 3.8) is 0 Å². The Morgan fingerprint density at radius 1 is 1.19 bits per heavy atom. The van der Waals surface area contributed by atoms with Crippen LogP contribution in [-0.4, -0.2) is 66.8 Å². The third-order valence-corrected chi connectivity index (χ3v) is 6.19. The maximum Gasteiger partial charge on any atom is 0.267 e. The molecule has 164 valence electrons. The van der Waals surface area contributed by atoms with Gasteiger partial charge in [-0.2, -0.15) is 9.61 Å². The molecular formula is C21H28N8O2. The molecule has 1 N–H and O–H groups in total. The Hall–Kier alpha value is -2.85. The van der Waals surface area contributed by atoms with Gasteiger partial charge in [-0.05, 0) is 38.4 Å². The van der Waals surface area contributed by atoms with Crippen LogP contribution in [0.1, 0.15) is 36.3 Å². The van der Waals surface area contributed by atoms with Gasteiger partial charge in [-0.15, -0.1) is 15.3 Å². The number of hydrogen-bond acceptors (Lipinski definition) is 8. The average Bonchev–Trinajstić information content (AvgIpc) is 3.17. The maximum atomic E-state index is 12.5. The molecule has 3 aromatic rings. The molecule has 0 spiro atoms. The van der Waals surface area contributed by atoms with E-state index in [1.807, 2.05) is 19.1 Å². The number of anilines is 1. The number of nitrogens with one attached hydrogen (secondary N) is 1. The first-order valence-electron chi connectivity index (χ1n) is 11.0. The summed E-state index contributed by atoms with van der Waals surface area (Å²) in [5, 5.41) is 20.8. The molecule has 3 aromatic heterocycles. The van der Waals surface area contributed by atoms with Crippen LogP contribution in [0.15, 0.2) is 23.0 Å². The zero-order valence-electron chi connectivity index (χ0n) is 17.8. The lowest BCUT2D eigenvalue weighted by atomic mass is 10.0. The molecule has 31 heavy (non-hydrogen) atoms. The number of fused-ring (bicyclic) bond motifs is 2. The smallest absolute Gasteiger partial charge is 0.267 e. The first-order valence-corrected chi connectivity index (χ1v) is 11.0. The summed E-state index contributed by atoms with van der Waals surface area (Å²) in [5.41, 5.74) is 2.63.